The van der Waals surface area contributed by atoms with E-state index in [1.54, 1.807) is 24.3 Å². The Morgan fingerprint density at radius 2 is 1.09 bits per heavy atom. The number of hydrogen-bond donors (Lipinski definition) is 0. The molecule has 0 radical (unpaired) electrons. The van der Waals surface area contributed by atoms with Crippen LogP contribution in [0.2, 0.25) is 0 Å². The molecule has 0 unspecified atom stereocenters. The molecule has 34 heavy (non-hydrogen) atoms. The van der Waals surface area contributed by atoms with Crippen molar-refractivity contribution in [3.05, 3.63) is 95.1 Å². The molecular formula is C20H12K2O10S2. The predicted molar refractivity (Wildman–Crippen MR) is 105 cm³/mol. The number of carbonyl (C=O) groups is 1. The fraction of sp³-hybridized carbons (Fsp3) is 0.0500. The first-order valence-corrected chi connectivity index (χ1v) is 11.5. The van der Waals surface area contributed by atoms with E-state index in [1.807, 2.05) is 0 Å². The number of benzene rings is 3. The van der Waals surface area contributed by atoms with Gasteiger partial charge in [-0.15, -0.1) is 0 Å². The van der Waals surface area contributed by atoms with E-state index in [1.165, 1.54) is 48.5 Å². The molecule has 1 aliphatic heterocycles. The first kappa shape index (κ1) is 30.0. The van der Waals surface area contributed by atoms with Crippen LogP contribution in [0.4, 0.5) is 0 Å². The Labute approximate surface area is 280 Å². The monoisotopic (exact) mass is 554 g/mol. The van der Waals surface area contributed by atoms with Gasteiger partial charge < -0.3 is 22.2 Å². The SMILES string of the molecule is O=C1OC(c2ccc(OS(=O)(=O)[O-])cc2)(c2ccc(OS(=O)(=O)[O-])cc2)c2ccccc21.[K+].[K+]. The third-order valence-corrected chi connectivity index (χ3v) is 5.48. The molecular weight excluding hydrogens is 543 g/mol. The number of esters is 1. The Balaban J connectivity index is 0.00000204. The summed E-state index contributed by atoms with van der Waals surface area (Å²) in [5, 5.41) is 0. The number of rotatable bonds is 6. The largest absolute Gasteiger partial charge is 1.00 e. The average Bonchev–Trinajstić information content (AvgIpc) is 3.01. The Bertz CT molecular complexity index is 1330. The Morgan fingerprint density at radius 1 is 0.676 bits per heavy atom. The standard InChI is InChI=1S/C20H14O10S2.2K/c21-19-17-3-1-2-4-18(17)20(28-19,13-5-9-15(10-6-13)29-31(22,23)24)14-7-11-16(12-8-14)30-32(25,26)27;;/h1-12H,(H,22,23,24)(H,25,26,27);;/q;2*+1/p-2. The molecule has 166 valence electrons. The summed E-state index contributed by atoms with van der Waals surface area (Å²) in [6.45, 7) is 0. The van der Waals surface area contributed by atoms with Gasteiger partial charge in [0.15, 0.2) is 5.60 Å². The maximum Gasteiger partial charge on any atom is 1.00 e. The molecule has 4 rings (SSSR count). The van der Waals surface area contributed by atoms with Gasteiger partial charge in [-0.25, -0.2) is 21.6 Å². The molecule has 0 atom stereocenters. The third-order valence-electron chi connectivity index (χ3n) is 4.69. The van der Waals surface area contributed by atoms with E-state index in [4.69, 9.17) is 4.74 Å². The van der Waals surface area contributed by atoms with Crippen LogP contribution in [0.5, 0.6) is 11.5 Å². The maximum atomic E-state index is 12.6. The van der Waals surface area contributed by atoms with E-state index < -0.39 is 32.4 Å². The van der Waals surface area contributed by atoms with Gasteiger partial charge in [-0.2, -0.15) is 0 Å². The van der Waals surface area contributed by atoms with Crippen LogP contribution in [0.15, 0.2) is 72.8 Å². The number of carbonyl (C=O) groups excluding carboxylic acids is 1. The Kier molecular flexibility index (Phi) is 10.1. The molecule has 0 spiro atoms. The summed E-state index contributed by atoms with van der Waals surface area (Å²) in [4.78, 5) is 12.6. The summed E-state index contributed by atoms with van der Waals surface area (Å²) >= 11 is 0. The molecule has 0 aliphatic carbocycles. The van der Waals surface area contributed by atoms with Crippen molar-refractivity contribution < 1.29 is 147 Å². The van der Waals surface area contributed by atoms with Crippen LogP contribution < -0.4 is 111 Å². The molecule has 0 N–H and O–H groups in total. The minimum atomic E-state index is -4.98. The van der Waals surface area contributed by atoms with E-state index in [2.05, 4.69) is 8.37 Å². The zero-order valence-electron chi connectivity index (χ0n) is 17.8. The second-order valence-electron chi connectivity index (χ2n) is 6.65. The molecule has 0 fully saturated rings. The van der Waals surface area contributed by atoms with Crippen LogP contribution in [-0.4, -0.2) is 31.9 Å². The van der Waals surface area contributed by atoms with Crippen LogP contribution in [0, 0.1) is 0 Å². The molecule has 3 aromatic rings. The second kappa shape index (κ2) is 11.5. The second-order valence-corrected chi connectivity index (χ2v) is 8.61. The van der Waals surface area contributed by atoms with E-state index in [0.29, 0.717) is 16.7 Å². The van der Waals surface area contributed by atoms with Gasteiger partial charge in [0.1, 0.15) is 11.5 Å². The summed E-state index contributed by atoms with van der Waals surface area (Å²) in [6, 6.07) is 17.2. The molecule has 0 saturated carbocycles. The molecule has 0 aromatic heterocycles. The normalized spacial score (nSPS) is 14.1. The van der Waals surface area contributed by atoms with Gasteiger partial charge in [-0.05, 0) is 30.3 Å². The van der Waals surface area contributed by atoms with Crippen LogP contribution >= 0.6 is 0 Å². The van der Waals surface area contributed by atoms with Crippen LogP contribution in [-0.2, 0) is 31.1 Å². The van der Waals surface area contributed by atoms with Crippen molar-refractivity contribution in [1.29, 1.82) is 0 Å². The molecule has 3 aromatic carbocycles. The van der Waals surface area contributed by atoms with Gasteiger partial charge in [0, 0.05) is 16.7 Å². The van der Waals surface area contributed by atoms with E-state index in [-0.39, 0.29) is 120 Å². The van der Waals surface area contributed by atoms with Gasteiger partial charge in [0.05, 0.1) is 5.56 Å². The summed E-state index contributed by atoms with van der Waals surface area (Å²) < 4.78 is 79.5. The molecule has 0 amide bonds. The van der Waals surface area contributed by atoms with Crippen molar-refractivity contribution in [2.24, 2.45) is 0 Å². The van der Waals surface area contributed by atoms with E-state index in [9.17, 15) is 30.7 Å². The fourth-order valence-corrected chi connectivity index (χ4v) is 4.23. The number of cyclic esters (lactones) is 1. The van der Waals surface area contributed by atoms with Crippen molar-refractivity contribution in [1.82, 2.24) is 0 Å². The molecule has 0 bridgehead atoms. The number of hydrogen-bond acceptors (Lipinski definition) is 10. The Morgan fingerprint density at radius 3 is 1.50 bits per heavy atom. The van der Waals surface area contributed by atoms with Crippen LogP contribution in [0.25, 0.3) is 0 Å². The average molecular weight is 555 g/mol. The van der Waals surface area contributed by atoms with Gasteiger partial charge in [-0.1, -0.05) is 42.5 Å². The van der Waals surface area contributed by atoms with Gasteiger partial charge in [0.2, 0.25) is 0 Å². The zero-order valence-corrected chi connectivity index (χ0v) is 25.7. The quantitative estimate of drug-likeness (QED) is 0.127. The predicted octanol–water partition coefficient (Wildman–Crippen LogP) is -4.17. The van der Waals surface area contributed by atoms with Gasteiger partial charge in [-0.3, -0.25) is 0 Å². The summed E-state index contributed by atoms with van der Waals surface area (Å²) in [6.07, 6.45) is 0. The van der Waals surface area contributed by atoms with Gasteiger partial charge in [0.25, 0.3) is 20.8 Å². The first-order valence-electron chi connectivity index (χ1n) is 8.82. The summed E-state index contributed by atoms with van der Waals surface area (Å²) in [5.41, 5.74) is 0.0445. The minimum Gasteiger partial charge on any atom is -0.716 e. The summed E-state index contributed by atoms with van der Waals surface area (Å²) in [5.74, 6) is -1.09. The van der Waals surface area contributed by atoms with E-state index >= 15 is 0 Å². The van der Waals surface area contributed by atoms with E-state index in [0.717, 1.165) is 0 Å². The van der Waals surface area contributed by atoms with Gasteiger partial charge >= 0.3 is 109 Å². The van der Waals surface area contributed by atoms with Crippen molar-refractivity contribution in [3.63, 3.8) is 0 Å². The Hall–Kier alpha value is -0.177. The summed E-state index contributed by atoms with van der Waals surface area (Å²) in [7, 11) is -9.96. The van der Waals surface area contributed by atoms with Crippen LogP contribution in [0.1, 0.15) is 27.0 Å². The molecule has 1 heterocycles. The zero-order chi connectivity index (χ0) is 23.1. The topological polar surface area (TPSA) is 159 Å². The van der Waals surface area contributed by atoms with Crippen molar-refractivity contribution in [2.75, 3.05) is 0 Å². The fourth-order valence-electron chi connectivity index (χ4n) is 3.54. The molecule has 10 nitrogen and oxygen atoms in total. The third kappa shape index (κ3) is 6.57. The molecule has 1 aliphatic rings. The van der Waals surface area contributed by atoms with Crippen molar-refractivity contribution >= 4 is 26.8 Å². The number of ether oxygens (including phenoxy) is 1. The molecule has 0 saturated heterocycles. The van der Waals surface area contributed by atoms with Crippen molar-refractivity contribution in [3.8, 4) is 11.5 Å². The first-order chi connectivity index (χ1) is 15.0. The minimum absolute atomic E-state index is 0. The smallest absolute Gasteiger partial charge is 0.716 e. The number of fused-ring (bicyclic) bond motifs is 1. The maximum absolute atomic E-state index is 12.6. The van der Waals surface area contributed by atoms with Crippen LogP contribution in [0.3, 0.4) is 0 Å². The molecule has 14 heteroatoms. The van der Waals surface area contributed by atoms with Crippen molar-refractivity contribution in [2.45, 2.75) is 5.60 Å².